The lowest BCUT2D eigenvalue weighted by molar-refractivity contribution is 0.416. The van der Waals surface area contributed by atoms with Gasteiger partial charge in [-0.15, -0.1) is 0 Å². The van der Waals surface area contributed by atoms with Gasteiger partial charge in [0.05, 0.1) is 23.4 Å². The third kappa shape index (κ3) is 2.51. The first-order chi connectivity index (χ1) is 8.93. The third-order valence-electron chi connectivity index (χ3n) is 2.86. The fourth-order valence-electron chi connectivity index (χ4n) is 1.80. The van der Waals surface area contributed by atoms with E-state index in [1.165, 1.54) is 0 Å². The molecule has 1 aromatic carbocycles. The molecule has 0 bridgehead atoms. The van der Waals surface area contributed by atoms with Gasteiger partial charge in [0.2, 0.25) is 0 Å². The summed E-state index contributed by atoms with van der Waals surface area (Å²) in [6.45, 7) is 4.10. The van der Waals surface area contributed by atoms with Crippen LogP contribution in [0.5, 0.6) is 5.75 Å². The highest BCUT2D eigenvalue weighted by atomic mass is 35.5. The average molecular weight is 281 g/mol. The normalized spacial score (nSPS) is 11.1. The van der Waals surface area contributed by atoms with Crippen LogP contribution in [0.2, 0.25) is 5.02 Å². The first-order valence-corrected chi connectivity index (χ1v) is 6.36. The Morgan fingerprint density at radius 3 is 2.58 bits per heavy atom. The predicted molar refractivity (Wildman–Crippen MR) is 76.5 cm³/mol. The molecule has 5 nitrogen and oxygen atoms in total. The van der Waals surface area contributed by atoms with Gasteiger partial charge in [-0.1, -0.05) is 25.4 Å². The molecular formula is C13H17ClN4O. The minimum Gasteiger partial charge on any atom is -0.496 e. The summed E-state index contributed by atoms with van der Waals surface area (Å²) in [6, 6.07) is 3.45. The second-order valence-electron chi connectivity index (χ2n) is 4.65. The maximum atomic E-state index is 6.08. The number of anilines is 1. The topological polar surface area (TPSA) is 66.0 Å². The quantitative estimate of drug-likeness (QED) is 0.878. The number of halogens is 1. The first kappa shape index (κ1) is 13.7. The van der Waals surface area contributed by atoms with Crippen LogP contribution in [0.15, 0.2) is 12.1 Å². The second kappa shape index (κ2) is 5.09. The molecule has 0 fully saturated rings. The molecule has 2 N–H and O–H groups in total. The van der Waals surface area contributed by atoms with Crippen LogP contribution in [0.4, 0.5) is 5.69 Å². The summed E-state index contributed by atoms with van der Waals surface area (Å²) in [5.74, 6) is 2.39. The Hall–Kier alpha value is -1.75. The van der Waals surface area contributed by atoms with E-state index in [0.717, 1.165) is 11.4 Å². The van der Waals surface area contributed by atoms with Gasteiger partial charge in [0.15, 0.2) is 11.6 Å². The van der Waals surface area contributed by atoms with Crippen molar-refractivity contribution < 1.29 is 4.74 Å². The van der Waals surface area contributed by atoms with E-state index in [2.05, 4.69) is 10.1 Å². The van der Waals surface area contributed by atoms with Gasteiger partial charge in [0, 0.05) is 19.0 Å². The zero-order valence-corrected chi connectivity index (χ0v) is 12.2. The monoisotopic (exact) mass is 280 g/mol. The molecule has 0 amide bonds. The number of nitrogens with zero attached hydrogens (tertiary/aromatic N) is 3. The Morgan fingerprint density at radius 2 is 2.05 bits per heavy atom. The fourth-order valence-corrected chi connectivity index (χ4v) is 1.96. The number of hydrogen-bond acceptors (Lipinski definition) is 4. The molecule has 102 valence electrons. The van der Waals surface area contributed by atoms with E-state index in [4.69, 9.17) is 22.1 Å². The molecule has 6 heteroatoms. The van der Waals surface area contributed by atoms with Crippen LogP contribution in [0.25, 0.3) is 11.4 Å². The lowest BCUT2D eigenvalue weighted by Gasteiger charge is -2.09. The van der Waals surface area contributed by atoms with Crippen molar-refractivity contribution in [3.8, 4) is 17.1 Å². The van der Waals surface area contributed by atoms with Crippen molar-refractivity contribution in [1.82, 2.24) is 14.8 Å². The lowest BCUT2D eigenvalue weighted by Crippen LogP contribution is -1.98. The minimum atomic E-state index is 0.259. The summed E-state index contributed by atoms with van der Waals surface area (Å²) in [5, 5.41) is 4.87. The molecule has 19 heavy (non-hydrogen) atoms. The molecule has 0 aliphatic carbocycles. The highest BCUT2D eigenvalue weighted by molar-refractivity contribution is 6.33. The summed E-state index contributed by atoms with van der Waals surface area (Å²) >= 11 is 6.08. The molecule has 0 spiro atoms. The largest absolute Gasteiger partial charge is 0.496 e. The molecule has 2 aromatic rings. The van der Waals surface area contributed by atoms with E-state index >= 15 is 0 Å². The van der Waals surface area contributed by atoms with Crippen LogP contribution in [0.1, 0.15) is 25.6 Å². The SMILES string of the molecule is COc1cc(N)c(Cl)cc1-c1nc(C(C)C)nn1C. The number of aryl methyl sites for hydroxylation is 1. The summed E-state index contributed by atoms with van der Waals surface area (Å²) in [4.78, 5) is 4.53. The van der Waals surface area contributed by atoms with E-state index < -0.39 is 0 Å². The van der Waals surface area contributed by atoms with Gasteiger partial charge in [-0.3, -0.25) is 0 Å². The summed E-state index contributed by atoms with van der Waals surface area (Å²) in [7, 11) is 3.43. The number of aromatic nitrogens is 3. The fraction of sp³-hybridized carbons (Fsp3) is 0.385. The van der Waals surface area contributed by atoms with Crippen LogP contribution in [0, 0.1) is 0 Å². The first-order valence-electron chi connectivity index (χ1n) is 5.98. The van der Waals surface area contributed by atoms with Gasteiger partial charge in [0.1, 0.15) is 5.75 Å². The molecule has 1 heterocycles. The predicted octanol–water partition coefficient (Wildman–Crippen LogP) is 2.85. The molecule has 0 radical (unpaired) electrons. The second-order valence-corrected chi connectivity index (χ2v) is 5.05. The molecule has 0 saturated carbocycles. The molecule has 2 rings (SSSR count). The number of hydrogen-bond donors (Lipinski definition) is 1. The number of nitrogens with two attached hydrogens (primary N) is 1. The molecule has 0 atom stereocenters. The van der Waals surface area contributed by atoms with E-state index in [9.17, 15) is 0 Å². The average Bonchev–Trinajstić information content (AvgIpc) is 2.74. The van der Waals surface area contributed by atoms with Gasteiger partial charge in [-0.05, 0) is 6.07 Å². The molecule has 0 aliphatic rings. The standard InChI is InChI=1S/C13H17ClN4O/c1-7(2)12-16-13(18(3)17-12)8-5-9(14)10(15)6-11(8)19-4/h5-7H,15H2,1-4H3. The highest BCUT2D eigenvalue weighted by Crippen LogP contribution is 2.35. The van der Waals surface area contributed by atoms with Crippen molar-refractivity contribution in [2.75, 3.05) is 12.8 Å². The van der Waals surface area contributed by atoms with Crippen molar-refractivity contribution >= 4 is 17.3 Å². The molecule has 0 saturated heterocycles. The van der Waals surface area contributed by atoms with Gasteiger partial charge in [-0.25, -0.2) is 9.67 Å². The van der Waals surface area contributed by atoms with Crippen molar-refractivity contribution in [2.45, 2.75) is 19.8 Å². The van der Waals surface area contributed by atoms with Crippen LogP contribution in [0.3, 0.4) is 0 Å². The lowest BCUT2D eigenvalue weighted by atomic mass is 10.1. The number of methoxy groups -OCH3 is 1. The van der Waals surface area contributed by atoms with Gasteiger partial charge in [0.25, 0.3) is 0 Å². The van der Waals surface area contributed by atoms with E-state index in [0.29, 0.717) is 22.3 Å². The number of benzene rings is 1. The summed E-state index contributed by atoms with van der Waals surface area (Å²) < 4.78 is 7.06. The highest BCUT2D eigenvalue weighted by Gasteiger charge is 2.17. The molecule has 0 aliphatic heterocycles. The smallest absolute Gasteiger partial charge is 0.161 e. The Kier molecular flexibility index (Phi) is 3.66. The van der Waals surface area contributed by atoms with Crippen molar-refractivity contribution in [1.29, 1.82) is 0 Å². The zero-order chi connectivity index (χ0) is 14.2. The molecule has 0 unspecified atom stereocenters. The van der Waals surface area contributed by atoms with E-state index in [1.807, 2.05) is 20.9 Å². The molecular weight excluding hydrogens is 264 g/mol. The Labute approximate surface area is 117 Å². The third-order valence-corrected chi connectivity index (χ3v) is 3.18. The molecule has 1 aromatic heterocycles. The number of nitrogen functional groups attached to an aromatic ring is 1. The Morgan fingerprint density at radius 1 is 1.37 bits per heavy atom. The minimum absolute atomic E-state index is 0.259. The van der Waals surface area contributed by atoms with Gasteiger partial charge >= 0.3 is 0 Å². The van der Waals surface area contributed by atoms with Crippen molar-refractivity contribution in [3.05, 3.63) is 23.0 Å². The Balaban J connectivity index is 2.61. The van der Waals surface area contributed by atoms with Gasteiger partial charge in [-0.2, -0.15) is 5.10 Å². The maximum absolute atomic E-state index is 6.08. The van der Waals surface area contributed by atoms with Gasteiger partial charge < -0.3 is 10.5 Å². The van der Waals surface area contributed by atoms with Crippen LogP contribution >= 0.6 is 11.6 Å². The Bertz CT molecular complexity index is 607. The van der Waals surface area contributed by atoms with E-state index in [1.54, 1.807) is 23.9 Å². The van der Waals surface area contributed by atoms with E-state index in [-0.39, 0.29) is 5.92 Å². The number of rotatable bonds is 3. The zero-order valence-electron chi connectivity index (χ0n) is 11.4. The summed E-state index contributed by atoms with van der Waals surface area (Å²) in [6.07, 6.45) is 0. The maximum Gasteiger partial charge on any atom is 0.161 e. The van der Waals surface area contributed by atoms with Crippen molar-refractivity contribution in [3.63, 3.8) is 0 Å². The van der Waals surface area contributed by atoms with Crippen molar-refractivity contribution in [2.24, 2.45) is 7.05 Å². The van der Waals surface area contributed by atoms with Crippen LogP contribution in [-0.4, -0.2) is 21.9 Å². The summed E-state index contributed by atoms with van der Waals surface area (Å²) in [5.41, 5.74) is 7.04. The van der Waals surface area contributed by atoms with Crippen LogP contribution < -0.4 is 10.5 Å². The number of ether oxygens (including phenoxy) is 1. The van der Waals surface area contributed by atoms with Crippen LogP contribution in [-0.2, 0) is 7.05 Å².